The van der Waals surface area contributed by atoms with E-state index in [2.05, 4.69) is 5.32 Å². The van der Waals surface area contributed by atoms with Crippen LogP contribution in [0.1, 0.15) is 28.7 Å². The first-order valence-electron chi connectivity index (χ1n) is 18.4. The van der Waals surface area contributed by atoms with Crippen molar-refractivity contribution >= 4 is 18.0 Å². The molecule has 0 aromatic heterocycles. The van der Waals surface area contributed by atoms with Crippen molar-refractivity contribution in [3.8, 4) is 0 Å². The van der Waals surface area contributed by atoms with Crippen molar-refractivity contribution in [1.82, 2.24) is 10.4 Å². The molecule has 4 heterocycles. The van der Waals surface area contributed by atoms with E-state index in [0.29, 0.717) is 0 Å². The SMILES string of the molecule is O=C1O[C@@H]2C[C@@]3(C(=O)NCCO)[C@H](ON(Cc4ccccc4C=CCO[C@H]4O[C@H](CO)[C@H](O)[C@H](O)[C@H]4O)[C@@H]13)[C@H]1OC(c3ccccc3)(c3ccccc3)O[C@H]12. The number of ether oxygens (including phenoxy) is 5. The first kappa shape index (κ1) is 37.8. The molecule has 2 bridgehead atoms. The van der Waals surface area contributed by atoms with Crippen molar-refractivity contribution in [3.05, 3.63) is 113 Å². The average Bonchev–Trinajstić information content (AvgIpc) is 3.79. The number of esters is 1. The summed E-state index contributed by atoms with van der Waals surface area (Å²) in [6.07, 6.45) is -6.91. The molecular formula is C40H44N2O13. The number of hydroxylamine groups is 2. The number of carbonyl (C=O) groups excluding carboxylic acids is 2. The van der Waals surface area contributed by atoms with Crippen LogP contribution in [0.5, 0.6) is 0 Å². The maximum atomic E-state index is 14.3. The molecule has 5 fully saturated rings. The second kappa shape index (κ2) is 15.4. The highest BCUT2D eigenvalue weighted by atomic mass is 16.8. The minimum atomic E-state index is -1.56. The number of aliphatic hydroxyl groups is 5. The van der Waals surface area contributed by atoms with Crippen LogP contribution in [-0.4, -0.2) is 130 Å². The molecule has 1 aliphatic carbocycles. The van der Waals surface area contributed by atoms with E-state index in [1.807, 2.05) is 84.9 Å². The van der Waals surface area contributed by atoms with E-state index in [0.717, 1.165) is 22.3 Å². The zero-order chi connectivity index (χ0) is 38.3. The van der Waals surface area contributed by atoms with Crippen molar-refractivity contribution in [2.75, 3.05) is 26.4 Å². The fraction of sp³-hybridized carbons (Fsp3) is 0.450. The standard InChI is InChI=1S/C40H44N2O13/c43-18-17-41-38(49)39-20-27-32-33(54-40(53-32,25-13-3-1-4-14-25)26-15-5-2-6-16-26)35(39)55-42(34(39)36(48)51-27)21-24-11-8-7-10-23(24)12-9-19-50-37-31(47)30(46)29(45)28(22-44)52-37/h1-16,27-35,37,43-47H,17-22H2,(H,41,49)/t27-,28-,29+,30+,31-,32+,33+,34+,35-,37+,39+/m1/s1. The van der Waals surface area contributed by atoms with Gasteiger partial charge in [-0.1, -0.05) is 97.1 Å². The molecule has 0 unspecified atom stereocenters. The number of hydrogen-bond acceptors (Lipinski definition) is 14. The highest BCUT2D eigenvalue weighted by Gasteiger charge is 2.76. The van der Waals surface area contributed by atoms with Crippen molar-refractivity contribution < 1.29 is 63.6 Å². The molecule has 292 valence electrons. The summed E-state index contributed by atoms with van der Waals surface area (Å²) in [6.45, 7) is -0.901. The number of carbonyl (C=O) groups is 2. The van der Waals surface area contributed by atoms with E-state index in [-0.39, 0.29) is 32.7 Å². The molecule has 4 aliphatic heterocycles. The molecule has 3 aromatic rings. The first-order valence-corrected chi connectivity index (χ1v) is 18.4. The lowest BCUT2D eigenvalue weighted by Crippen LogP contribution is -2.69. The quantitative estimate of drug-likeness (QED) is 0.136. The van der Waals surface area contributed by atoms with Gasteiger partial charge in [0.05, 0.1) is 26.4 Å². The molecule has 8 rings (SSSR count). The molecule has 1 amide bonds. The van der Waals surface area contributed by atoms with Crippen LogP contribution < -0.4 is 5.32 Å². The molecule has 3 aromatic carbocycles. The smallest absolute Gasteiger partial charge is 0.327 e. The normalized spacial score (nSPS) is 35.0. The third-order valence-electron chi connectivity index (χ3n) is 11.2. The molecule has 0 spiro atoms. The monoisotopic (exact) mass is 760 g/mol. The molecule has 5 aliphatic rings. The molecule has 15 nitrogen and oxygen atoms in total. The zero-order valence-corrected chi connectivity index (χ0v) is 29.7. The van der Waals surface area contributed by atoms with E-state index in [4.69, 9.17) is 28.5 Å². The van der Waals surface area contributed by atoms with Gasteiger partial charge in [0.1, 0.15) is 54.2 Å². The molecule has 11 atom stereocenters. The lowest BCUT2D eigenvalue weighted by Gasteiger charge is -2.48. The molecule has 6 N–H and O–H groups in total. The van der Waals surface area contributed by atoms with Gasteiger partial charge in [-0.3, -0.25) is 14.4 Å². The summed E-state index contributed by atoms with van der Waals surface area (Å²) in [5, 5.41) is 53.9. The largest absolute Gasteiger partial charge is 0.458 e. The van der Waals surface area contributed by atoms with Crippen LogP contribution in [0.4, 0.5) is 0 Å². The summed E-state index contributed by atoms with van der Waals surface area (Å²) < 4.78 is 31.0. The molecule has 4 saturated heterocycles. The van der Waals surface area contributed by atoms with Gasteiger partial charge in [0.25, 0.3) is 0 Å². The van der Waals surface area contributed by atoms with Crippen molar-refractivity contribution in [2.24, 2.45) is 5.41 Å². The minimum absolute atomic E-state index is 0.0258. The second-order valence-electron chi connectivity index (χ2n) is 14.3. The number of nitrogens with one attached hydrogen (secondary N) is 1. The molecule has 55 heavy (non-hydrogen) atoms. The predicted molar refractivity (Wildman–Crippen MR) is 190 cm³/mol. The predicted octanol–water partition coefficient (Wildman–Crippen LogP) is 0.110. The van der Waals surface area contributed by atoms with Gasteiger partial charge in [-0.05, 0) is 11.1 Å². The van der Waals surface area contributed by atoms with Crippen LogP contribution in [0.15, 0.2) is 91.0 Å². The van der Waals surface area contributed by atoms with E-state index in [1.54, 1.807) is 12.2 Å². The Bertz CT molecular complexity index is 1820. The van der Waals surface area contributed by atoms with Crippen LogP contribution in [0.3, 0.4) is 0 Å². The maximum Gasteiger partial charge on any atom is 0.327 e. The summed E-state index contributed by atoms with van der Waals surface area (Å²) >= 11 is 0. The molecule has 0 radical (unpaired) electrons. The fourth-order valence-corrected chi connectivity index (χ4v) is 8.56. The van der Waals surface area contributed by atoms with Gasteiger partial charge in [0.2, 0.25) is 11.7 Å². The average molecular weight is 761 g/mol. The summed E-state index contributed by atoms with van der Waals surface area (Å²) in [5.74, 6) is -2.50. The molecule has 1 saturated carbocycles. The van der Waals surface area contributed by atoms with Gasteiger partial charge in [-0.2, -0.15) is 5.06 Å². The lowest BCUT2D eigenvalue weighted by molar-refractivity contribution is -0.298. The Hall–Kier alpha value is -4.10. The van der Waals surface area contributed by atoms with E-state index < -0.39 is 90.8 Å². The highest BCUT2D eigenvalue weighted by molar-refractivity contribution is 5.93. The number of aliphatic hydroxyl groups excluding tert-OH is 5. The number of hydrogen-bond donors (Lipinski definition) is 6. The number of nitrogens with zero attached hydrogens (tertiary/aromatic N) is 1. The number of benzene rings is 3. The third kappa shape index (κ3) is 6.48. The van der Waals surface area contributed by atoms with Crippen LogP contribution in [0.2, 0.25) is 0 Å². The Morgan fingerprint density at radius 3 is 2.25 bits per heavy atom. The zero-order valence-electron chi connectivity index (χ0n) is 29.7. The fourth-order valence-electron chi connectivity index (χ4n) is 8.56. The second-order valence-corrected chi connectivity index (χ2v) is 14.3. The van der Waals surface area contributed by atoms with E-state index in [9.17, 15) is 35.1 Å². The Morgan fingerprint density at radius 1 is 0.891 bits per heavy atom. The lowest BCUT2D eigenvalue weighted by atomic mass is 9.62. The van der Waals surface area contributed by atoms with Gasteiger partial charge in [0, 0.05) is 24.1 Å². The van der Waals surface area contributed by atoms with Gasteiger partial charge >= 0.3 is 5.97 Å². The summed E-state index contributed by atoms with van der Waals surface area (Å²) in [4.78, 5) is 35.2. The van der Waals surface area contributed by atoms with Crippen LogP contribution in [-0.2, 0) is 50.4 Å². The Balaban J connectivity index is 1.08. The van der Waals surface area contributed by atoms with Gasteiger partial charge in [-0.15, -0.1) is 0 Å². The van der Waals surface area contributed by atoms with Crippen molar-refractivity contribution in [1.29, 1.82) is 0 Å². The minimum Gasteiger partial charge on any atom is -0.458 e. The van der Waals surface area contributed by atoms with E-state index >= 15 is 0 Å². The summed E-state index contributed by atoms with van der Waals surface area (Å²) in [5.41, 5.74) is 1.45. The Morgan fingerprint density at radius 2 is 1.56 bits per heavy atom. The highest BCUT2D eigenvalue weighted by Crippen LogP contribution is 2.59. The summed E-state index contributed by atoms with van der Waals surface area (Å²) in [6, 6.07) is 25.1. The van der Waals surface area contributed by atoms with Crippen molar-refractivity contribution in [3.63, 3.8) is 0 Å². The maximum absolute atomic E-state index is 14.3. The number of fused-ring (bicyclic) bond motifs is 4. The first-order chi connectivity index (χ1) is 26.7. The van der Waals surface area contributed by atoms with E-state index in [1.165, 1.54) is 5.06 Å². The molecule has 15 heteroatoms. The number of amides is 1. The number of rotatable bonds is 12. The Labute approximate surface area is 316 Å². The van der Waals surface area contributed by atoms with Crippen LogP contribution in [0, 0.1) is 5.41 Å². The van der Waals surface area contributed by atoms with Crippen LogP contribution >= 0.6 is 0 Å². The van der Waals surface area contributed by atoms with Gasteiger partial charge in [0.15, 0.2) is 12.3 Å². The Kier molecular flexibility index (Phi) is 10.6. The molecular weight excluding hydrogens is 716 g/mol. The van der Waals surface area contributed by atoms with Gasteiger partial charge < -0.3 is 54.5 Å². The summed E-state index contributed by atoms with van der Waals surface area (Å²) in [7, 11) is 0. The van der Waals surface area contributed by atoms with Crippen LogP contribution in [0.25, 0.3) is 6.08 Å². The van der Waals surface area contributed by atoms with Crippen molar-refractivity contribution in [2.45, 2.75) is 79.9 Å². The topological polar surface area (TPSA) is 206 Å². The third-order valence-corrected chi connectivity index (χ3v) is 11.2. The van der Waals surface area contributed by atoms with Gasteiger partial charge in [-0.25, -0.2) is 0 Å².